The summed E-state index contributed by atoms with van der Waals surface area (Å²) in [6.45, 7) is 0. The van der Waals surface area contributed by atoms with Gasteiger partial charge >= 0.3 is 4.34 Å². The number of hydrogen-bond acceptors (Lipinski definition) is 4. The summed E-state index contributed by atoms with van der Waals surface area (Å²) in [6, 6.07) is 0. The van der Waals surface area contributed by atoms with Crippen molar-refractivity contribution < 1.29 is 4.68 Å². The molecule has 0 saturated carbocycles. The van der Waals surface area contributed by atoms with Crippen LogP contribution in [0, 0.1) is 0 Å². The minimum atomic E-state index is 0.965. The van der Waals surface area contributed by atoms with Crippen LogP contribution in [0.25, 0.3) is 0 Å². The summed E-state index contributed by atoms with van der Waals surface area (Å²) < 4.78 is 3.09. The second-order valence-electron chi connectivity index (χ2n) is 1.75. The molecular formula is C5H10N3S2+. The molecule has 0 aromatic carbocycles. The maximum absolute atomic E-state index is 4.20. The van der Waals surface area contributed by atoms with Gasteiger partial charge in [0.1, 0.15) is 0 Å². The first-order valence-electron chi connectivity index (χ1n) is 2.87. The first kappa shape index (κ1) is 7.81. The van der Waals surface area contributed by atoms with Gasteiger partial charge in [0.15, 0.2) is 7.05 Å². The van der Waals surface area contributed by atoms with Crippen LogP contribution < -0.4 is 10.00 Å². The minimum absolute atomic E-state index is 0.965. The minimum Gasteiger partial charge on any atom is -0.360 e. The molecule has 1 aromatic rings. The summed E-state index contributed by atoms with van der Waals surface area (Å²) in [5, 5.41) is 8.16. The SMILES string of the molecule is CNc1n[n+](C)c(SC)s1. The zero-order valence-corrected chi connectivity index (χ0v) is 7.84. The number of aromatic nitrogens is 2. The molecule has 1 rings (SSSR count). The van der Waals surface area contributed by atoms with Crippen LogP contribution in [-0.4, -0.2) is 18.4 Å². The van der Waals surface area contributed by atoms with Crippen LogP contribution in [-0.2, 0) is 7.05 Å². The maximum Gasteiger partial charge on any atom is 0.325 e. The Kier molecular flexibility index (Phi) is 2.50. The van der Waals surface area contributed by atoms with Gasteiger partial charge in [0.05, 0.1) is 0 Å². The highest BCUT2D eigenvalue weighted by molar-refractivity contribution is 8.00. The number of aryl methyl sites for hydroxylation is 1. The third kappa shape index (κ3) is 1.41. The van der Waals surface area contributed by atoms with E-state index in [1.54, 1.807) is 23.1 Å². The monoisotopic (exact) mass is 176 g/mol. The molecule has 1 N–H and O–H groups in total. The van der Waals surface area contributed by atoms with Crippen molar-refractivity contribution in [1.82, 2.24) is 5.10 Å². The largest absolute Gasteiger partial charge is 0.360 e. The molecule has 0 aliphatic heterocycles. The second-order valence-corrected chi connectivity index (χ2v) is 3.78. The van der Waals surface area contributed by atoms with Gasteiger partial charge in [0.25, 0.3) is 5.13 Å². The van der Waals surface area contributed by atoms with E-state index in [1.807, 2.05) is 25.0 Å². The molecule has 0 aliphatic carbocycles. The molecule has 5 heteroatoms. The molecule has 0 fully saturated rings. The topological polar surface area (TPSA) is 28.8 Å². The van der Waals surface area contributed by atoms with Crippen LogP contribution in [0.5, 0.6) is 0 Å². The summed E-state index contributed by atoms with van der Waals surface area (Å²) in [5.41, 5.74) is 0. The van der Waals surface area contributed by atoms with Crippen LogP contribution >= 0.6 is 23.1 Å². The Labute approximate surface area is 68.5 Å². The van der Waals surface area contributed by atoms with E-state index in [1.165, 1.54) is 4.34 Å². The van der Waals surface area contributed by atoms with E-state index in [9.17, 15) is 0 Å². The Morgan fingerprint density at radius 2 is 2.40 bits per heavy atom. The van der Waals surface area contributed by atoms with Crippen molar-refractivity contribution >= 4 is 28.2 Å². The summed E-state index contributed by atoms with van der Waals surface area (Å²) in [5.74, 6) is 0. The van der Waals surface area contributed by atoms with E-state index in [0.29, 0.717) is 0 Å². The molecule has 0 spiro atoms. The van der Waals surface area contributed by atoms with Gasteiger partial charge in [-0.05, 0) is 29.4 Å². The quantitative estimate of drug-likeness (QED) is 0.532. The number of thioether (sulfide) groups is 1. The zero-order valence-electron chi connectivity index (χ0n) is 6.21. The van der Waals surface area contributed by atoms with Crippen molar-refractivity contribution in [2.24, 2.45) is 7.05 Å². The molecule has 0 unspecified atom stereocenters. The molecule has 0 saturated heterocycles. The Morgan fingerprint density at radius 3 is 2.70 bits per heavy atom. The lowest BCUT2D eigenvalue weighted by molar-refractivity contribution is -0.757. The van der Waals surface area contributed by atoms with Gasteiger partial charge in [-0.25, -0.2) is 0 Å². The van der Waals surface area contributed by atoms with Crippen molar-refractivity contribution in [1.29, 1.82) is 0 Å². The predicted molar refractivity (Wildman–Crippen MR) is 44.6 cm³/mol. The number of nitrogens with zero attached hydrogens (tertiary/aromatic N) is 2. The highest BCUT2D eigenvalue weighted by atomic mass is 32.2. The van der Waals surface area contributed by atoms with E-state index in [-0.39, 0.29) is 0 Å². The van der Waals surface area contributed by atoms with Crippen LogP contribution in [0.3, 0.4) is 0 Å². The lowest BCUT2D eigenvalue weighted by Gasteiger charge is -1.79. The average molecular weight is 176 g/mol. The van der Waals surface area contributed by atoms with Gasteiger partial charge in [0, 0.05) is 12.1 Å². The lowest BCUT2D eigenvalue weighted by atomic mass is 11.1. The molecule has 3 nitrogen and oxygen atoms in total. The highest BCUT2D eigenvalue weighted by Crippen LogP contribution is 2.20. The third-order valence-corrected chi connectivity index (χ3v) is 3.36. The smallest absolute Gasteiger partial charge is 0.325 e. The van der Waals surface area contributed by atoms with Crippen molar-refractivity contribution in [3.8, 4) is 0 Å². The summed E-state index contributed by atoms with van der Waals surface area (Å²) in [7, 11) is 3.83. The summed E-state index contributed by atoms with van der Waals surface area (Å²) >= 11 is 3.37. The standard InChI is InChI=1S/C5H10N3S2/c1-6-4-7-8(2)5(9-3)10-4/h1-3H3,(H,6,7)/q+1. The van der Waals surface area contributed by atoms with E-state index < -0.39 is 0 Å². The van der Waals surface area contributed by atoms with Crippen LogP contribution in [0.2, 0.25) is 0 Å². The molecule has 56 valence electrons. The Balaban J connectivity index is 2.92. The molecule has 0 bridgehead atoms. The number of nitrogens with one attached hydrogen (secondary N) is 1. The number of hydrogen-bond donors (Lipinski definition) is 1. The molecule has 1 aromatic heterocycles. The van der Waals surface area contributed by atoms with Crippen molar-refractivity contribution in [2.45, 2.75) is 4.34 Å². The Bertz CT molecular complexity index is 221. The summed E-state index contributed by atoms with van der Waals surface area (Å²) in [4.78, 5) is 0. The maximum atomic E-state index is 4.20. The second kappa shape index (κ2) is 3.21. The normalized spacial score (nSPS) is 9.90. The molecular weight excluding hydrogens is 166 g/mol. The van der Waals surface area contributed by atoms with Crippen LogP contribution in [0.4, 0.5) is 5.13 Å². The van der Waals surface area contributed by atoms with Crippen molar-refractivity contribution in [2.75, 3.05) is 18.6 Å². The third-order valence-electron chi connectivity index (χ3n) is 1.08. The fourth-order valence-electron chi connectivity index (χ4n) is 0.621. The van der Waals surface area contributed by atoms with Gasteiger partial charge < -0.3 is 5.32 Å². The van der Waals surface area contributed by atoms with Gasteiger partial charge in [-0.3, -0.25) is 0 Å². The van der Waals surface area contributed by atoms with E-state index in [2.05, 4.69) is 10.4 Å². The molecule has 0 radical (unpaired) electrons. The Hall–Kier alpha value is -0.290. The molecule has 1 heterocycles. The molecule has 0 aliphatic rings. The Morgan fingerprint density at radius 1 is 1.70 bits per heavy atom. The fourth-order valence-corrected chi connectivity index (χ4v) is 2.10. The summed E-state index contributed by atoms with van der Waals surface area (Å²) in [6.07, 6.45) is 2.05. The molecule has 0 atom stereocenters. The fraction of sp³-hybridized carbons (Fsp3) is 0.600. The highest BCUT2D eigenvalue weighted by Gasteiger charge is 2.12. The first-order valence-corrected chi connectivity index (χ1v) is 4.91. The average Bonchev–Trinajstić information content (AvgIpc) is 2.30. The van der Waals surface area contributed by atoms with E-state index in [0.717, 1.165) is 5.13 Å². The first-order chi connectivity index (χ1) is 4.77. The predicted octanol–water partition coefficient (Wildman–Crippen LogP) is 0.731. The van der Waals surface area contributed by atoms with Gasteiger partial charge in [-0.1, -0.05) is 4.68 Å². The molecule has 0 amide bonds. The number of anilines is 1. The zero-order chi connectivity index (χ0) is 7.56. The van der Waals surface area contributed by atoms with Gasteiger partial charge in [-0.2, -0.15) is 0 Å². The van der Waals surface area contributed by atoms with Crippen molar-refractivity contribution in [3.05, 3.63) is 0 Å². The number of rotatable bonds is 2. The van der Waals surface area contributed by atoms with Crippen LogP contribution in [0.15, 0.2) is 4.34 Å². The van der Waals surface area contributed by atoms with Crippen molar-refractivity contribution in [3.63, 3.8) is 0 Å². The molecule has 10 heavy (non-hydrogen) atoms. The van der Waals surface area contributed by atoms with E-state index in [4.69, 9.17) is 0 Å². The van der Waals surface area contributed by atoms with Crippen LogP contribution in [0.1, 0.15) is 0 Å². The van der Waals surface area contributed by atoms with Gasteiger partial charge in [0.2, 0.25) is 0 Å². The van der Waals surface area contributed by atoms with E-state index >= 15 is 0 Å². The van der Waals surface area contributed by atoms with Gasteiger partial charge in [-0.15, -0.1) is 0 Å². The lowest BCUT2D eigenvalue weighted by Crippen LogP contribution is -2.31.